The number of halogens is 3. The van der Waals surface area contributed by atoms with Crippen molar-refractivity contribution in [1.82, 2.24) is 25.0 Å². The summed E-state index contributed by atoms with van der Waals surface area (Å²) in [5.41, 5.74) is 4.14. The number of nitrogens with one attached hydrogen (secondary N) is 1. The summed E-state index contributed by atoms with van der Waals surface area (Å²) in [5, 5.41) is 13.7. The van der Waals surface area contributed by atoms with E-state index in [1.807, 2.05) is 50.2 Å². The summed E-state index contributed by atoms with van der Waals surface area (Å²) in [5.74, 6) is 0.663. The van der Waals surface area contributed by atoms with Crippen LogP contribution < -0.4 is 5.32 Å². The normalized spacial score (nSPS) is 11.4. The van der Waals surface area contributed by atoms with E-state index in [2.05, 4.69) is 25.6 Å². The van der Waals surface area contributed by atoms with Crippen molar-refractivity contribution in [3.8, 4) is 0 Å². The molecule has 2 heterocycles. The summed E-state index contributed by atoms with van der Waals surface area (Å²) in [7, 11) is 0. The molecule has 4 rings (SSSR count). The predicted octanol–water partition coefficient (Wildman–Crippen LogP) is 5.64. The zero-order chi connectivity index (χ0) is 21.3. The Bertz CT molecular complexity index is 1160. The van der Waals surface area contributed by atoms with Gasteiger partial charge in [-0.1, -0.05) is 52.1 Å². The van der Waals surface area contributed by atoms with Crippen LogP contribution in [0.1, 0.15) is 30.5 Å². The molecule has 1 N–H and O–H groups in total. The van der Waals surface area contributed by atoms with Gasteiger partial charge in [0.25, 0.3) is 0 Å². The number of hydrogen-bond donors (Lipinski definition) is 1. The number of rotatable bonds is 6. The van der Waals surface area contributed by atoms with E-state index in [1.165, 1.54) is 6.33 Å². The summed E-state index contributed by atoms with van der Waals surface area (Å²) < 4.78 is 1.71. The Morgan fingerprint density at radius 3 is 2.33 bits per heavy atom. The molecule has 154 valence electrons. The molecule has 0 aliphatic carbocycles. The van der Waals surface area contributed by atoms with E-state index in [4.69, 9.17) is 34.8 Å². The van der Waals surface area contributed by atoms with Gasteiger partial charge < -0.3 is 5.32 Å². The molecule has 30 heavy (non-hydrogen) atoms. The van der Waals surface area contributed by atoms with Crippen LogP contribution in [0.4, 0.5) is 5.82 Å². The molecule has 0 unspecified atom stereocenters. The lowest BCUT2D eigenvalue weighted by Crippen LogP contribution is -2.11. The fourth-order valence-electron chi connectivity index (χ4n) is 3.17. The summed E-state index contributed by atoms with van der Waals surface area (Å²) in [6.45, 7) is 4.51. The van der Waals surface area contributed by atoms with Gasteiger partial charge in [-0.2, -0.15) is 0 Å². The lowest BCUT2D eigenvalue weighted by atomic mass is 10.0. The summed E-state index contributed by atoms with van der Waals surface area (Å²) in [4.78, 5) is 8.60. The van der Waals surface area contributed by atoms with E-state index >= 15 is 0 Å². The third-order valence-electron chi connectivity index (χ3n) is 4.55. The summed E-state index contributed by atoms with van der Waals surface area (Å²) in [6, 6.07) is 11.7. The summed E-state index contributed by atoms with van der Waals surface area (Å²) >= 11 is 19.1. The first kappa shape index (κ1) is 20.8. The number of fused-ring (bicyclic) bond motifs is 1. The second-order valence-corrected chi connectivity index (χ2v) is 8.53. The second kappa shape index (κ2) is 8.76. The average molecular weight is 462 g/mol. The lowest BCUT2D eigenvalue weighted by molar-refractivity contribution is 0.664. The molecule has 2 aromatic heterocycles. The minimum absolute atomic E-state index is 0.221. The Kier molecular flexibility index (Phi) is 6.09. The van der Waals surface area contributed by atoms with Crippen molar-refractivity contribution in [2.75, 3.05) is 5.32 Å². The van der Waals surface area contributed by atoms with E-state index in [9.17, 15) is 0 Å². The number of nitrogens with zero attached hydrogens (tertiary/aromatic N) is 5. The van der Waals surface area contributed by atoms with Crippen molar-refractivity contribution in [2.45, 2.75) is 32.9 Å². The molecule has 0 atom stereocenters. The molecular weight excluding hydrogens is 443 g/mol. The molecule has 4 aromatic rings. The van der Waals surface area contributed by atoms with Crippen molar-refractivity contribution in [1.29, 1.82) is 0 Å². The van der Waals surface area contributed by atoms with Crippen LogP contribution in [0.3, 0.4) is 0 Å². The fraction of sp³-hybridized carbons (Fsp3) is 0.238. The maximum atomic E-state index is 6.57. The Morgan fingerprint density at radius 1 is 0.967 bits per heavy atom. The minimum Gasteiger partial charge on any atom is -0.366 e. The van der Waals surface area contributed by atoms with Crippen molar-refractivity contribution in [3.05, 3.63) is 74.5 Å². The first-order valence-corrected chi connectivity index (χ1v) is 10.6. The van der Waals surface area contributed by atoms with E-state index < -0.39 is 0 Å². The van der Waals surface area contributed by atoms with E-state index in [1.54, 1.807) is 4.68 Å². The number of anilines is 1. The monoisotopic (exact) mass is 460 g/mol. The van der Waals surface area contributed by atoms with Gasteiger partial charge in [0.1, 0.15) is 6.33 Å². The predicted molar refractivity (Wildman–Crippen MR) is 122 cm³/mol. The van der Waals surface area contributed by atoms with Gasteiger partial charge in [0.15, 0.2) is 17.0 Å². The SMILES string of the molecule is CC(C)Nc1ncnc2c1nnn2Cc1cc(Cl)c(Cc2ccc(Cl)cc2)c(Cl)c1. The van der Waals surface area contributed by atoms with E-state index in [0.717, 1.165) is 16.7 Å². The molecule has 0 spiro atoms. The zero-order valence-electron chi connectivity index (χ0n) is 16.4. The van der Waals surface area contributed by atoms with E-state index in [-0.39, 0.29) is 6.04 Å². The Balaban J connectivity index is 1.60. The van der Waals surface area contributed by atoms with Gasteiger partial charge in [-0.25, -0.2) is 14.6 Å². The van der Waals surface area contributed by atoms with Gasteiger partial charge in [0, 0.05) is 27.5 Å². The maximum Gasteiger partial charge on any atom is 0.184 e. The zero-order valence-corrected chi connectivity index (χ0v) is 18.7. The summed E-state index contributed by atoms with van der Waals surface area (Å²) in [6.07, 6.45) is 2.13. The van der Waals surface area contributed by atoms with Crippen molar-refractivity contribution < 1.29 is 0 Å². The van der Waals surface area contributed by atoms with E-state index in [0.29, 0.717) is 45.0 Å². The molecule has 0 radical (unpaired) electrons. The molecule has 0 bridgehead atoms. The molecule has 0 amide bonds. The van der Waals surface area contributed by atoms with Gasteiger partial charge in [-0.05, 0) is 54.8 Å². The van der Waals surface area contributed by atoms with Gasteiger partial charge >= 0.3 is 0 Å². The Labute approximate surface area is 189 Å². The topological polar surface area (TPSA) is 68.5 Å². The molecule has 6 nitrogen and oxygen atoms in total. The highest BCUT2D eigenvalue weighted by Gasteiger charge is 2.15. The molecule has 0 fully saturated rings. The fourth-order valence-corrected chi connectivity index (χ4v) is 3.96. The van der Waals surface area contributed by atoms with Crippen LogP contribution >= 0.6 is 34.8 Å². The van der Waals surface area contributed by atoms with Gasteiger partial charge in [0.05, 0.1) is 6.54 Å². The molecule has 0 saturated heterocycles. The minimum atomic E-state index is 0.221. The second-order valence-electron chi connectivity index (χ2n) is 7.28. The molecule has 0 aliphatic rings. The van der Waals surface area contributed by atoms with Gasteiger partial charge in [-0.15, -0.1) is 5.10 Å². The highest BCUT2D eigenvalue weighted by atomic mass is 35.5. The third-order valence-corrected chi connectivity index (χ3v) is 5.48. The van der Waals surface area contributed by atoms with Crippen LogP contribution in [-0.2, 0) is 13.0 Å². The first-order valence-electron chi connectivity index (χ1n) is 9.42. The van der Waals surface area contributed by atoms with Crippen LogP contribution in [0.15, 0.2) is 42.7 Å². The maximum absolute atomic E-state index is 6.57. The van der Waals surface area contributed by atoms with Crippen LogP contribution in [-0.4, -0.2) is 31.0 Å². The van der Waals surface area contributed by atoms with Crippen molar-refractivity contribution in [3.63, 3.8) is 0 Å². The van der Waals surface area contributed by atoms with Crippen LogP contribution in [0.5, 0.6) is 0 Å². The van der Waals surface area contributed by atoms with Crippen LogP contribution in [0.25, 0.3) is 11.2 Å². The first-order chi connectivity index (χ1) is 14.4. The van der Waals surface area contributed by atoms with Crippen LogP contribution in [0.2, 0.25) is 15.1 Å². The largest absolute Gasteiger partial charge is 0.366 e. The average Bonchev–Trinajstić information content (AvgIpc) is 3.10. The highest BCUT2D eigenvalue weighted by Crippen LogP contribution is 2.30. The molecule has 0 aliphatic heterocycles. The van der Waals surface area contributed by atoms with Gasteiger partial charge in [-0.3, -0.25) is 0 Å². The van der Waals surface area contributed by atoms with Crippen LogP contribution in [0, 0.1) is 0 Å². The number of aromatic nitrogens is 5. The third kappa shape index (κ3) is 4.51. The molecule has 9 heteroatoms. The molecule has 2 aromatic carbocycles. The van der Waals surface area contributed by atoms with Crippen molar-refractivity contribution >= 4 is 51.8 Å². The molecule has 0 saturated carbocycles. The Hall–Kier alpha value is -2.41. The quantitative estimate of drug-likeness (QED) is 0.402. The number of hydrogen-bond acceptors (Lipinski definition) is 5. The standard InChI is InChI=1S/C21H19Cl3N6/c1-12(2)27-20-19-21(26-11-25-20)30(29-28-19)10-14-8-17(23)16(18(24)9-14)7-13-3-5-15(22)6-4-13/h3-6,8-9,11-12H,7,10H2,1-2H3,(H,25,26,27). The van der Waals surface area contributed by atoms with Crippen molar-refractivity contribution in [2.24, 2.45) is 0 Å². The number of benzene rings is 2. The molecular formula is C21H19Cl3N6. The lowest BCUT2D eigenvalue weighted by Gasteiger charge is -2.11. The Morgan fingerprint density at radius 2 is 1.67 bits per heavy atom. The highest BCUT2D eigenvalue weighted by molar-refractivity contribution is 6.36. The van der Waals surface area contributed by atoms with Gasteiger partial charge in [0.2, 0.25) is 0 Å². The smallest absolute Gasteiger partial charge is 0.184 e.